The Bertz CT molecular complexity index is 412. The molecular formula is C13H15NO3. The fourth-order valence-corrected chi connectivity index (χ4v) is 1.23. The first-order valence-electron chi connectivity index (χ1n) is 5.33. The van der Waals surface area contributed by atoms with Crippen molar-refractivity contribution in [2.45, 2.75) is 13.3 Å². The summed E-state index contributed by atoms with van der Waals surface area (Å²) < 4.78 is 4.74. The number of hydrogen-bond acceptors (Lipinski definition) is 3. The average Bonchev–Trinajstić information content (AvgIpc) is 2.30. The van der Waals surface area contributed by atoms with Crippen molar-refractivity contribution in [3.63, 3.8) is 0 Å². The summed E-state index contributed by atoms with van der Waals surface area (Å²) in [7, 11) is 0. The summed E-state index contributed by atoms with van der Waals surface area (Å²) in [6, 6.07) is 9.02. The maximum Gasteiger partial charge on any atom is 0.333 e. The van der Waals surface area contributed by atoms with E-state index in [9.17, 15) is 9.59 Å². The Labute approximate surface area is 100 Å². The second-order valence-corrected chi connectivity index (χ2v) is 3.42. The first-order chi connectivity index (χ1) is 8.13. The molecule has 0 spiro atoms. The Morgan fingerprint density at radius 2 is 1.94 bits per heavy atom. The molecule has 1 amide bonds. The van der Waals surface area contributed by atoms with Gasteiger partial charge in [-0.1, -0.05) is 24.8 Å². The number of amides is 1. The molecule has 1 aromatic carbocycles. The number of nitrogens with one attached hydrogen (secondary N) is 1. The number of esters is 1. The van der Waals surface area contributed by atoms with Gasteiger partial charge < -0.3 is 10.1 Å². The molecule has 0 fully saturated rings. The van der Waals surface area contributed by atoms with Crippen LogP contribution in [0.5, 0.6) is 0 Å². The van der Waals surface area contributed by atoms with Crippen molar-refractivity contribution in [2.75, 3.05) is 11.9 Å². The Hall–Kier alpha value is -2.10. The number of benzene rings is 1. The van der Waals surface area contributed by atoms with Crippen molar-refractivity contribution in [3.8, 4) is 0 Å². The second-order valence-electron chi connectivity index (χ2n) is 3.42. The van der Waals surface area contributed by atoms with Crippen molar-refractivity contribution in [3.05, 3.63) is 42.5 Å². The number of rotatable bonds is 5. The van der Waals surface area contributed by atoms with Crippen LogP contribution in [0.25, 0.3) is 0 Å². The summed E-state index contributed by atoms with van der Waals surface area (Å²) >= 11 is 0. The lowest BCUT2D eigenvalue weighted by molar-refractivity contribution is -0.139. The topological polar surface area (TPSA) is 55.4 Å². The molecule has 0 unspecified atom stereocenters. The first-order valence-corrected chi connectivity index (χ1v) is 5.33. The summed E-state index contributed by atoms with van der Waals surface area (Å²) in [4.78, 5) is 22.8. The van der Waals surface area contributed by atoms with Gasteiger partial charge in [-0.15, -0.1) is 0 Å². The third kappa shape index (κ3) is 4.51. The van der Waals surface area contributed by atoms with Gasteiger partial charge in [0, 0.05) is 11.3 Å². The zero-order valence-corrected chi connectivity index (χ0v) is 9.73. The zero-order valence-electron chi connectivity index (χ0n) is 9.73. The Morgan fingerprint density at radius 1 is 1.29 bits per heavy atom. The number of anilines is 1. The van der Waals surface area contributed by atoms with Gasteiger partial charge in [0.2, 0.25) is 5.91 Å². The number of hydrogen-bond donors (Lipinski definition) is 1. The quantitative estimate of drug-likeness (QED) is 0.626. The highest BCUT2D eigenvalue weighted by molar-refractivity contribution is 5.99. The van der Waals surface area contributed by atoms with Crippen molar-refractivity contribution in [1.82, 2.24) is 0 Å². The van der Waals surface area contributed by atoms with Gasteiger partial charge >= 0.3 is 5.97 Å². The normalized spacial score (nSPS) is 9.47. The number of carbonyl (C=O) groups is 2. The minimum absolute atomic E-state index is 0.0618. The molecule has 0 radical (unpaired) electrons. The van der Waals surface area contributed by atoms with Crippen LogP contribution >= 0.6 is 0 Å². The minimum atomic E-state index is -0.532. The van der Waals surface area contributed by atoms with Crippen molar-refractivity contribution in [2.24, 2.45) is 0 Å². The van der Waals surface area contributed by atoms with Crippen LogP contribution in [0.2, 0.25) is 0 Å². The van der Waals surface area contributed by atoms with Gasteiger partial charge in [0.05, 0.1) is 13.0 Å². The van der Waals surface area contributed by atoms with Gasteiger partial charge in [0.25, 0.3) is 0 Å². The van der Waals surface area contributed by atoms with E-state index in [2.05, 4.69) is 11.9 Å². The molecule has 0 aliphatic heterocycles. The van der Waals surface area contributed by atoms with Gasteiger partial charge in [0.15, 0.2) is 0 Å². The van der Waals surface area contributed by atoms with E-state index in [0.29, 0.717) is 5.69 Å². The highest BCUT2D eigenvalue weighted by Gasteiger charge is 2.12. The largest absolute Gasteiger partial charge is 0.463 e. The van der Waals surface area contributed by atoms with Crippen LogP contribution in [-0.4, -0.2) is 18.5 Å². The van der Waals surface area contributed by atoms with Crippen molar-refractivity contribution < 1.29 is 14.3 Å². The van der Waals surface area contributed by atoms with Crippen LogP contribution in [0.4, 0.5) is 5.69 Å². The van der Waals surface area contributed by atoms with Gasteiger partial charge in [-0.3, -0.25) is 4.79 Å². The molecule has 0 heterocycles. The van der Waals surface area contributed by atoms with E-state index in [4.69, 9.17) is 4.74 Å². The predicted octanol–water partition coefficient (Wildman–Crippen LogP) is 2.13. The SMILES string of the molecule is C=C(CC(=O)Nc1ccccc1)C(=O)OCC. The van der Waals surface area contributed by atoms with Gasteiger partial charge in [-0.2, -0.15) is 0 Å². The fraction of sp³-hybridized carbons (Fsp3) is 0.231. The number of para-hydroxylation sites is 1. The van der Waals surface area contributed by atoms with E-state index in [1.807, 2.05) is 18.2 Å². The van der Waals surface area contributed by atoms with E-state index in [0.717, 1.165) is 0 Å². The lowest BCUT2D eigenvalue weighted by atomic mass is 10.2. The lowest BCUT2D eigenvalue weighted by Gasteiger charge is -2.06. The molecule has 90 valence electrons. The molecule has 0 saturated carbocycles. The number of ether oxygens (including phenoxy) is 1. The monoisotopic (exact) mass is 233 g/mol. The van der Waals surface area contributed by atoms with E-state index in [-0.39, 0.29) is 24.5 Å². The highest BCUT2D eigenvalue weighted by Crippen LogP contribution is 2.08. The summed E-state index contributed by atoms with van der Waals surface area (Å²) in [5.41, 5.74) is 0.842. The molecule has 0 atom stereocenters. The minimum Gasteiger partial charge on any atom is -0.463 e. The van der Waals surface area contributed by atoms with Gasteiger partial charge in [0.1, 0.15) is 0 Å². The molecule has 4 nitrogen and oxygen atoms in total. The van der Waals surface area contributed by atoms with Crippen LogP contribution in [0, 0.1) is 0 Å². The molecule has 0 aliphatic carbocycles. The van der Waals surface area contributed by atoms with Crippen LogP contribution in [0.1, 0.15) is 13.3 Å². The second kappa shape index (κ2) is 6.48. The van der Waals surface area contributed by atoms with Crippen LogP contribution < -0.4 is 5.32 Å². The summed E-state index contributed by atoms with van der Waals surface area (Å²) in [5.74, 6) is -0.815. The molecule has 4 heteroatoms. The molecule has 0 saturated heterocycles. The van der Waals surface area contributed by atoms with Crippen molar-refractivity contribution in [1.29, 1.82) is 0 Å². The van der Waals surface area contributed by atoms with Crippen molar-refractivity contribution >= 4 is 17.6 Å². The molecule has 1 rings (SSSR count). The molecule has 0 aromatic heterocycles. The molecule has 1 aromatic rings. The van der Waals surface area contributed by atoms with E-state index < -0.39 is 5.97 Å². The van der Waals surface area contributed by atoms with Crippen LogP contribution in [0.15, 0.2) is 42.5 Å². The maximum absolute atomic E-state index is 11.6. The predicted molar refractivity (Wildman–Crippen MR) is 65.5 cm³/mol. The van der Waals surface area contributed by atoms with Gasteiger partial charge in [-0.05, 0) is 19.1 Å². The Balaban J connectivity index is 2.45. The zero-order chi connectivity index (χ0) is 12.7. The molecule has 0 bridgehead atoms. The first kappa shape index (κ1) is 13.0. The fourth-order valence-electron chi connectivity index (χ4n) is 1.23. The van der Waals surface area contributed by atoms with E-state index >= 15 is 0 Å². The van der Waals surface area contributed by atoms with Crippen LogP contribution in [-0.2, 0) is 14.3 Å². The maximum atomic E-state index is 11.6. The molecule has 0 aliphatic rings. The van der Waals surface area contributed by atoms with Crippen LogP contribution in [0.3, 0.4) is 0 Å². The van der Waals surface area contributed by atoms with E-state index in [1.54, 1.807) is 19.1 Å². The summed E-state index contributed by atoms with van der Waals surface area (Å²) in [6.07, 6.45) is -0.0618. The Kier molecular flexibility index (Phi) is 4.94. The Morgan fingerprint density at radius 3 is 2.53 bits per heavy atom. The smallest absolute Gasteiger partial charge is 0.333 e. The van der Waals surface area contributed by atoms with Gasteiger partial charge in [-0.25, -0.2) is 4.79 Å². The summed E-state index contributed by atoms with van der Waals surface area (Å²) in [5, 5.41) is 2.66. The average molecular weight is 233 g/mol. The van der Waals surface area contributed by atoms with E-state index in [1.165, 1.54) is 0 Å². The molecule has 17 heavy (non-hydrogen) atoms. The molecule has 1 N–H and O–H groups in total. The number of carbonyl (C=O) groups excluding carboxylic acids is 2. The third-order valence-corrected chi connectivity index (χ3v) is 2.00. The third-order valence-electron chi connectivity index (χ3n) is 2.00. The summed E-state index contributed by atoms with van der Waals surface area (Å²) in [6.45, 7) is 5.50. The molecular weight excluding hydrogens is 218 g/mol. The standard InChI is InChI=1S/C13H15NO3/c1-3-17-13(16)10(2)9-12(15)14-11-7-5-4-6-8-11/h4-8H,2-3,9H2,1H3,(H,14,15). The lowest BCUT2D eigenvalue weighted by Crippen LogP contribution is -2.16. The highest BCUT2D eigenvalue weighted by atomic mass is 16.5.